The highest BCUT2D eigenvalue weighted by Gasteiger charge is 2.35. The summed E-state index contributed by atoms with van der Waals surface area (Å²) >= 11 is 0. The van der Waals surface area contributed by atoms with Gasteiger partial charge in [0.05, 0.1) is 6.04 Å². The van der Waals surface area contributed by atoms with Gasteiger partial charge in [0, 0.05) is 37.5 Å². The van der Waals surface area contributed by atoms with Gasteiger partial charge in [-0.1, -0.05) is 12.1 Å². The monoisotopic (exact) mass is 397 g/mol. The minimum Gasteiger partial charge on any atom is -0.453 e. The molecule has 3 aliphatic rings. The van der Waals surface area contributed by atoms with Crippen molar-refractivity contribution in [2.75, 3.05) is 18.7 Å². The lowest BCUT2D eigenvalue weighted by atomic mass is 9.99. The average molecular weight is 397 g/mol. The first-order valence-electron chi connectivity index (χ1n) is 10.2. The summed E-state index contributed by atoms with van der Waals surface area (Å²) < 4.78 is 25.1. The van der Waals surface area contributed by atoms with E-state index in [0.717, 1.165) is 5.69 Å². The molecule has 1 saturated carbocycles. The molecule has 0 spiro atoms. The van der Waals surface area contributed by atoms with Crippen LogP contribution in [0.3, 0.4) is 0 Å². The molecule has 2 atom stereocenters. The van der Waals surface area contributed by atoms with Crippen LogP contribution >= 0.6 is 0 Å². The Morgan fingerprint density at radius 2 is 2.00 bits per heavy atom. The maximum atomic E-state index is 14.1. The molecule has 0 unspecified atom stereocenters. The summed E-state index contributed by atoms with van der Waals surface area (Å²) in [5.74, 6) is 1.76. The minimum absolute atomic E-state index is 0.168. The highest BCUT2D eigenvalue weighted by atomic mass is 19.1. The SMILES string of the molecule is O=C(Nc1ccc(C2CC2)cc1)[C@H]1C[C@H](F)CCN1Cc1nccc2c1OCO2. The van der Waals surface area contributed by atoms with Crippen molar-refractivity contribution in [3.63, 3.8) is 0 Å². The van der Waals surface area contributed by atoms with Crippen LogP contribution in [0, 0.1) is 0 Å². The molecule has 1 aliphatic carbocycles. The van der Waals surface area contributed by atoms with E-state index in [2.05, 4.69) is 22.4 Å². The fraction of sp³-hybridized carbons (Fsp3) is 0.455. The number of hydrogen-bond acceptors (Lipinski definition) is 5. The number of nitrogens with one attached hydrogen (secondary N) is 1. The lowest BCUT2D eigenvalue weighted by Gasteiger charge is -2.36. The van der Waals surface area contributed by atoms with Gasteiger partial charge < -0.3 is 14.8 Å². The molecule has 2 fully saturated rings. The molecule has 29 heavy (non-hydrogen) atoms. The molecule has 0 radical (unpaired) electrons. The van der Waals surface area contributed by atoms with E-state index in [0.29, 0.717) is 42.6 Å². The summed E-state index contributed by atoms with van der Waals surface area (Å²) in [6.45, 7) is 1.07. The Hall–Kier alpha value is -2.67. The van der Waals surface area contributed by atoms with Crippen molar-refractivity contribution >= 4 is 11.6 Å². The number of fused-ring (bicyclic) bond motifs is 1. The van der Waals surface area contributed by atoms with Crippen molar-refractivity contribution in [1.29, 1.82) is 0 Å². The van der Waals surface area contributed by atoms with Gasteiger partial charge in [-0.25, -0.2) is 4.39 Å². The molecule has 1 amide bonds. The number of pyridine rings is 1. The van der Waals surface area contributed by atoms with Crippen LogP contribution < -0.4 is 14.8 Å². The Morgan fingerprint density at radius 1 is 1.17 bits per heavy atom. The number of hydrogen-bond donors (Lipinski definition) is 1. The lowest BCUT2D eigenvalue weighted by molar-refractivity contribution is -0.123. The van der Waals surface area contributed by atoms with Crippen LogP contribution in [-0.2, 0) is 11.3 Å². The third-order valence-electron chi connectivity index (χ3n) is 5.89. The molecule has 1 N–H and O–H groups in total. The van der Waals surface area contributed by atoms with E-state index in [4.69, 9.17) is 9.47 Å². The number of nitrogens with zero attached hydrogens (tertiary/aromatic N) is 2. The molecule has 152 valence electrons. The smallest absolute Gasteiger partial charge is 0.241 e. The van der Waals surface area contributed by atoms with Crippen molar-refractivity contribution in [2.24, 2.45) is 0 Å². The molecule has 0 bridgehead atoms. The van der Waals surface area contributed by atoms with Crippen molar-refractivity contribution in [2.45, 2.75) is 50.4 Å². The van der Waals surface area contributed by atoms with E-state index in [1.165, 1.54) is 18.4 Å². The predicted octanol–water partition coefficient (Wildman–Crippen LogP) is 3.63. The number of carbonyl (C=O) groups excluding carboxylic acids is 1. The van der Waals surface area contributed by atoms with Gasteiger partial charge >= 0.3 is 0 Å². The number of carbonyl (C=O) groups is 1. The van der Waals surface area contributed by atoms with E-state index in [9.17, 15) is 9.18 Å². The van der Waals surface area contributed by atoms with E-state index in [1.54, 1.807) is 12.3 Å². The zero-order valence-electron chi connectivity index (χ0n) is 16.1. The Kier molecular flexibility index (Phi) is 4.83. The van der Waals surface area contributed by atoms with E-state index < -0.39 is 12.2 Å². The molecule has 3 heterocycles. The Balaban J connectivity index is 1.30. The quantitative estimate of drug-likeness (QED) is 0.835. The second kappa shape index (κ2) is 7.63. The summed E-state index contributed by atoms with van der Waals surface area (Å²) in [5, 5.41) is 2.96. The first-order valence-corrected chi connectivity index (χ1v) is 10.2. The first kappa shape index (κ1) is 18.4. The molecular formula is C22H24FN3O3. The average Bonchev–Trinajstić information content (AvgIpc) is 3.46. The lowest BCUT2D eigenvalue weighted by Crippen LogP contribution is -2.49. The van der Waals surface area contributed by atoms with Gasteiger partial charge in [0.15, 0.2) is 11.5 Å². The van der Waals surface area contributed by atoms with Crippen LogP contribution in [-0.4, -0.2) is 41.3 Å². The zero-order valence-corrected chi connectivity index (χ0v) is 16.1. The number of piperidine rings is 1. The third-order valence-corrected chi connectivity index (χ3v) is 5.89. The number of ether oxygens (including phenoxy) is 2. The summed E-state index contributed by atoms with van der Waals surface area (Å²) in [6, 6.07) is 9.21. The number of amides is 1. The number of halogens is 1. The van der Waals surface area contributed by atoms with Crippen LogP contribution in [0.15, 0.2) is 36.5 Å². The molecule has 1 aromatic heterocycles. The minimum atomic E-state index is -0.978. The number of likely N-dealkylation sites (tertiary alicyclic amines) is 1. The fourth-order valence-corrected chi connectivity index (χ4v) is 4.11. The molecule has 1 saturated heterocycles. The van der Waals surface area contributed by atoms with E-state index in [-0.39, 0.29) is 19.1 Å². The maximum absolute atomic E-state index is 14.1. The molecular weight excluding hydrogens is 373 g/mol. The van der Waals surface area contributed by atoms with Crippen LogP contribution in [0.2, 0.25) is 0 Å². The van der Waals surface area contributed by atoms with Crippen molar-refractivity contribution in [1.82, 2.24) is 9.88 Å². The summed E-state index contributed by atoms with van der Waals surface area (Å²) in [4.78, 5) is 19.4. The summed E-state index contributed by atoms with van der Waals surface area (Å²) in [7, 11) is 0. The predicted molar refractivity (Wildman–Crippen MR) is 106 cm³/mol. The Morgan fingerprint density at radius 3 is 2.79 bits per heavy atom. The first-order chi connectivity index (χ1) is 14.2. The van der Waals surface area contributed by atoms with Gasteiger partial charge in [0.25, 0.3) is 0 Å². The molecule has 5 rings (SSSR count). The van der Waals surface area contributed by atoms with Gasteiger partial charge in [-0.15, -0.1) is 0 Å². The standard InChI is InChI=1S/C22H24FN3O3/c23-16-8-10-26(12-18-21-20(7-9-24-18)28-13-29-21)19(11-16)22(27)25-17-5-3-15(4-6-17)14-1-2-14/h3-7,9,14,16,19H,1-2,8,10-13H2,(H,25,27)/t16-,19-/m1/s1. The van der Waals surface area contributed by atoms with Crippen molar-refractivity contribution < 1.29 is 18.7 Å². The summed E-state index contributed by atoms with van der Waals surface area (Å²) in [6.07, 6.45) is 3.76. The Bertz CT molecular complexity index is 901. The van der Waals surface area contributed by atoms with Crippen molar-refractivity contribution in [3.05, 3.63) is 47.8 Å². The van der Waals surface area contributed by atoms with Gasteiger partial charge in [-0.3, -0.25) is 14.7 Å². The number of aromatic nitrogens is 1. The summed E-state index contributed by atoms with van der Waals surface area (Å²) in [5.41, 5.74) is 2.78. The van der Waals surface area contributed by atoms with Gasteiger partial charge in [0.1, 0.15) is 11.9 Å². The highest BCUT2D eigenvalue weighted by Crippen LogP contribution is 2.40. The second-order valence-electron chi connectivity index (χ2n) is 7.98. The highest BCUT2D eigenvalue weighted by molar-refractivity contribution is 5.95. The zero-order chi connectivity index (χ0) is 19.8. The third kappa shape index (κ3) is 3.92. The van der Waals surface area contributed by atoms with Crippen molar-refractivity contribution in [3.8, 4) is 11.5 Å². The number of benzene rings is 1. The second-order valence-corrected chi connectivity index (χ2v) is 7.98. The number of rotatable bonds is 5. The van der Waals surface area contributed by atoms with E-state index in [1.807, 2.05) is 17.0 Å². The fourth-order valence-electron chi connectivity index (χ4n) is 4.11. The largest absolute Gasteiger partial charge is 0.453 e. The molecule has 1 aromatic carbocycles. The molecule has 2 aliphatic heterocycles. The Labute approximate surface area is 169 Å². The van der Waals surface area contributed by atoms with E-state index >= 15 is 0 Å². The van der Waals surface area contributed by atoms with Gasteiger partial charge in [-0.2, -0.15) is 0 Å². The van der Waals surface area contributed by atoms with Crippen LogP contribution in [0.1, 0.15) is 42.9 Å². The molecule has 7 heteroatoms. The maximum Gasteiger partial charge on any atom is 0.241 e. The molecule has 2 aromatic rings. The van der Waals surface area contributed by atoms with Crippen LogP contribution in [0.5, 0.6) is 11.5 Å². The number of alkyl halides is 1. The van der Waals surface area contributed by atoms with Gasteiger partial charge in [-0.05, 0) is 42.9 Å². The van der Waals surface area contributed by atoms with Crippen LogP contribution in [0.25, 0.3) is 0 Å². The molecule has 6 nitrogen and oxygen atoms in total. The number of anilines is 1. The van der Waals surface area contributed by atoms with Gasteiger partial charge in [0.2, 0.25) is 12.7 Å². The topological polar surface area (TPSA) is 63.7 Å². The normalized spacial score (nSPS) is 23.8. The van der Waals surface area contributed by atoms with Crippen LogP contribution in [0.4, 0.5) is 10.1 Å².